The maximum absolute atomic E-state index is 5.68. The average Bonchev–Trinajstić information content (AvgIpc) is 2.17. The Balaban J connectivity index is 2.50. The summed E-state index contributed by atoms with van der Waals surface area (Å²) in [7, 11) is 2.11. The molecule has 0 bridgehead atoms. The van der Waals surface area contributed by atoms with Gasteiger partial charge in [-0.2, -0.15) is 0 Å². The van der Waals surface area contributed by atoms with Crippen LogP contribution in [0.3, 0.4) is 0 Å². The molecule has 0 spiro atoms. The monoisotopic (exact) mass is 177 g/mol. The summed E-state index contributed by atoms with van der Waals surface area (Å²) in [6.45, 7) is 2.66. The molecule has 1 heterocycles. The van der Waals surface area contributed by atoms with Crippen molar-refractivity contribution in [2.24, 2.45) is 5.73 Å². The van der Waals surface area contributed by atoms with Crippen molar-refractivity contribution in [3.8, 4) is 0 Å². The summed E-state index contributed by atoms with van der Waals surface area (Å²) in [4.78, 5) is 2.26. The minimum absolute atomic E-state index is 0.606. The Morgan fingerprint density at radius 1 is 1.54 bits per heavy atom. The van der Waals surface area contributed by atoms with Crippen LogP contribution < -0.4 is 16.0 Å². The summed E-state index contributed by atoms with van der Waals surface area (Å²) in [5.74, 6) is 0. The Labute approximate surface area is 78.5 Å². The second kappa shape index (κ2) is 3.26. The molecule has 0 aromatic heterocycles. The Morgan fingerprint density at radius 2 is 2.38 bits per heavy atom. The van der Waals surface area contributed by atoms with Gasteiger partial charge >= 0.3 is 0 Å². The second-order valence-corrected chi connectivity index (χ2v) is 3.37. The molecule has 0 fully saturated rings. The van der Waals surface area contributed by atoms with Crippen molar-refractivity contribution >= 4 is 11.4 Å². The maximum atomic E-state index is 5.68. The molecule has 0 unspecified atom stereocenters. The summed E-state index contributed by atoms with van der Waals surface area (Å²) < 4.78 is 0. The van der Waals surface area contributed by atoms with Crippen LogP contribution in [0.2, 0.25) is 0 Å². The van der Waals surface area contributed by atoms with Gasteiger partial charge in [0.1, 0.15) is 0 Å². The van der Waals surface area contributed by atoms with Crippen LogP contribution in [0.15, 0.2) is 18.2 Å². The summed E-state index contributed by atoms with van der Waals surface area (Å²) >= 11 is 0. The van der Waals surface area contributed by atoms with Crippen molar-refractivity contribution in [3.05, 3.63) is 23.8 Å². The lowest BCUT2D eigenvalue weighted by Gasteiger charge is -2.30. The molecule has 0 atom stereocenters. The van der Waals surface area contributed by atoms with Gasteiger partial charge < -0.3 is 16.0 Å². The highest BCUT2D eigenvalue weighted by molar-refractivity contribution is 5.75. The number of rotatable bonds is 1. The van der Waals surface area contributed by atoms with E-state index in [1.807, 2.05) is 6.07 Å². The number of anilines is 2. The molecule has 2 rings (SSSR count). The van der Waals surface area contributed by atoms with Gasteiger partial charge in [-0.05, 0) is 11.6 Å². The van der Waals surface area contributed by atoms with Crippen molar-refractivity contribution < 1.29 is 0 Å². The molecular formula is C10H15N3. The molecule has 1 aliphatic rings. The van der Waals surface area contributed by atoms with E-state index in [-0.39, 0.29) is 0 Å². The standard InChI is InChI=1S/C10H15N3/c1-13-6-5-12-9-4-2-3-8(7-11)10(9)13/h2-4,12H,5-7,11H2,1H3. The first-order valence-corrected chi connectivity index (χ1v) is 4.60. The van der Waals surface area contributed by atoms with Crippen molar-refractivity contribution in [2.45, 2.75) is 6.54 Å². The first-order chi connectivity index (χ1) is 6.33. The van der Waals surface area contributed by atoms with E-state index < -0.39 is 0 Å². The zero-order valence-corrected chi connectivity index (χ0v) is 7.88. The van der Waals surface area contributed by atoms with Gasteiger partial charge in [-0.25, -0.2) is 0 Å². The van der Waals surface area contributed by atoms with E-state index in [1.54, 1.807) is 0 Å². The minimum Gasteiger partial charge on any atom is -0.382 e. The second-order valence-electron chi connectivity index (χ2n) is 3.37. The number of hydrogen-bond acceptors (Lipinski definition) is 3. The zero-order valence-electron chi connectivity index (χ0n) is 7.88. The summed E-state index contributed by atoms with van der Waals surface area (Å²) in [6, 6.07) is 6.24. The first-order valence-electron chi connectivity index (χ1n) is 4.60. The summed E-state index contributed by atoms with van der Waals surface area (Å²) in [6.07, 6.45) is 0. The van der Waals surface area contributed by atoms with Crippen molar-refractivity contribution in [1.29, 1.82) is 0 Å². The van der Waals surface area contributed by atoms with E-state index in [4.69, 9.17) is 5.73 Å². The van der Waals surface area contributed by atoms with Gasteiger partial charge in [0, 0.05) is 26.7 Å². The van der Waals surface area contributed by atoms with Gasteiger partial charge in [-0.3, -0.25) is 0 Å². The van der Waals surface area contributed by atoms with Crippen LogP contribution in [0, 0.1) is 0 Å². The Morgan fingerprint density at radius 3 is 3.15 bits per heavy atom. The normalized spacial score (nSPS) is 15.1. The number of likely N-dealkylation sites (N-methyl/N-ethyl adjacent to an activating group) is 1. The fourth-order valence-electron chi connectivity index (χ4n) is 1.82. The summed E-state index contributed by atoms with van der Waals surface area (Å²) in [5.41, 5.74) is 9.36. The Bertz CT molecular complexity index is 295. The first kappa shape index (κ1) is 8.38. The van der Waals surface area contributed by atoms with Crippen molar-refractivity contribution in [3.63, 3.8) is 0 Å². The molecule has 3 N–H and O–H groups in total. The molecule has 0 radical (unpaired) electrons. The predicted molar refractivity (Wildman–Crippen MR) is 56.1 cm³/mol. The number of nitrogens with zero attached hydrogens (tertiary/aromatic N) is 1. The quantitative estimate of drug-likeness (QED) is 0.672. The highest BCUT2D eigenvalue weighted by Gasteiger charge is 2.15. The lowest BCUT2D eigenvalue weighted by molar-refractivity contribution is 0.871. The lowest BCUT2D eigenvalue weighted by atomic mass is 10.1. The van der Waals surface area contributed by atoms with Crippen LogP contribution in [0.4, 0.5) is 11.4 Å². The summed E-state index contributed by atoms with van der Waals surface area (Å²) in [5, 5.41) is 3.37. The molecule has 1 aromatic rings. The van der Waals surface area contributed by atoms with Crippen molar-refractivity contribution in [2.75, 3.05) is 30.4 Å². The number of nitrogens with one attached hydrogen (secondary N) is 1. The number of para-hydroxylation sites is 1. The predicted octanol–water partition coefficient (Wildman–Crippen LogP) is 1.01. The highest BCUT2D eigenvalue weighted by Crippen LogP contribution is 2.31. The molecule has 0 saturated heterocycles. The van der Waals surface area contributed by atoms with E-state index in [0.717, 1.165) is 13.1 Å². The van der Waals surface area contributed by atoms with Gasteiger partial charge in [0.25, 0.3) is 0 Å². The molecule has 0 saturated carbocycles. The maximum Gasteiger partial charge on any atom is 0.0645 e. The van der Waals surface area contributed by atoms with E-state index in [0.29, 0.717) is 6.54 Å². The number of nitrogens with two attached hydrogens (primary N) is 1. The largest absolute Gasteiger partial charge is 0.382 e. The molecule has 1 aliphatic heterocycles. The van der Waals surface area contributed by atoms with Gasteiger partial charge in [0.05, 0.1) is 11.4 Å². The van der Waals surface area contributed by atoms with E-state index in [1.165, 1.54) is 16.9 Å². The van der Waals surface area contributed by atoms with Crippen LogP contribution in [0.1, 0.15) is 5.56 Å². The molecule has 70 valence electrons. The molecule has 0 amide bonds. The van der Waals surface area contributed by atoms with Crippen LogP contribution >= 0.6 is 0 Å². The van der Waals surface area contributed by atoms with E-state index >= 15 is 0 Å². The average molecular weight is 177 g/mol. The van der Waals surface area contributed by atoms with Gasteiger partial charge in [0.15, 0.2) is 0 Å². The van der Waals surface area contributed by atoms with Crippen LogP contribution in [0.25, 0.3) is 0 Å². The van der Waals surface area contributed by atoms with Gasteiger partial charge in [0.2, 0.25) is 0 Å². The smallest absolute Gasteiger partial charge is 0.0645 e. The van der Waals surface area contributed by atoms with Crippen LogP contribution in [-0.4, -0.2) is 20.1 Å². The van der Waals surface area contributed by atoms with Crippen LogP contribution in [0.5, 0.6) is 0 Å². The highest BCUT2D eigenvalue weighted by atomic mass is 15.2. The van der Waals surface area contributed by atoms with Gasteiger partial charge in [-0.15, -0.1) is 0 Å². The molecular weight excluding hydrogens is 162 g/mol. The Kier molecular flexibility index (Phi) is 2.10. The number of fused-ring (bicyclic) bond motifs is 1. The lowest BCUT2D eigenvalue weighted by Crippen LogP contribution is -2.31. The number of benzene rings is 1. The van der Waals surface area contributed by atoms with Gasteiger partial charge in [-0.1, -0.05) is 12.1 Å². The zero-order chi connectivity index (χ0) is 9.26. The SMILES string of the molecule is CN1CCNc2cccc(CN)c21. The Hall–Kier alpha value is -1.22. The number of hydrogen-bond donors (Lipinski definition) is 2. The topological polar surface area (TPSA) is 41.3 Å². The van der Waals surface area contributed by atoms with E-state index in [9.17, 15) is 0 Å². The van der Waals surface area contributed by atoms with Crippen molar-refractivity contribution in [1.82, 2.24) is 0 Å². The third-order valence-electron chi connectivity index (χ3n) is 2.48. The third-order valence-corrected chi connectivity index (χ3v) is 2.48. The molecule has 0 aliphatic carbocycles. The fourth-order valence-corrected chi connectivity index (χ4v) is 1.82. The molecule has 1 aromatic carbocycles. The molecule has 3 nitrogen and oxygen atoms in total. The van der Waals surface area contributed by atoms with Crippen LogP contribution in [-0.2, 0) is 6.54 Å². The minimum atomic E-state index is 0.606. The third kappa shape index (κ3) is 1.35. The molecule has 3 heteroatoms. The molecule has 13 heavy (non-hydrogen) atoms. The van der Waals surface area contributed by atoms with E-state index in [2.05, 4.69) is 29.4 Å². The fraction of sp³-hybridized carbons (Fsp3) is 0.400.